The van der Waals surface area contributed by atoms with Crippen molar-refractivity contribution in [2.24, 2.45) is 0 Å². The molecule has 6 nitrogen and oxygen atoms in total. The number of carbonyl (C=O) groups is 1. The quantitative estimate of drug-likeness (QED) is 0.306. The zero-order valence-electron chi connectivity index (χ0n) is 19.1. The molecule has 2 atom stereocenters. The molecule has 0 aliphatic heterocycles. The van der Waals surface area contributed by atoms with E-state index < -0.39 is 11.0 Å². The first-order valence-electron chi connectivity index (χ1n) is 10.1. The van der Waals surface area contributed by atoms with Gasteiger partial charge in [0.2, 0.25) is 5.44 Å². The Morgan fingerprint density at radius 3 is 2.59 bits per heavy atom. The van der Waals surface area contributed by atoms with Crippen LogP contribution >= 0.6 is 21.0 Å². The Bertz CT molecular complexity index is 1190. The van der Waals surface area contributed by atoms with Gasteiger partial charge < -0.3 is 14.6 Å². The topological polar surface area (TPSA) is 77.2 Å². The zero-order valence-corrected chi connectivity index (χ0v) is 21.1. The highest BCUT2D eigenvalue weighted by Crippen LogP contribution is 2.33. The monoisotopic (exact) mass is 469 g/mol. The number of hydrogen-bond acceptors (Lipinski definition) is 6. The van der Waals surface area contributed by atoms with Crippen LogP contribution in [0.2, 0.25) is 0 Å². The Morgan fingerprint density at radius 2 is 2.00 bits per heavy atom. The third-order valence-corrected chi connectivity index (χ3v) is 6.03. The van der Waals surface area contributed by atoms with E-state index in [2.05, 4.69) is 30.6 Å². The molecule has 0 aliphatic rings. The Kier molecular flexibility index (Phi) is 6.88. The third kappa shape index (κ3) is 5.26. The van der Waals surface area contributed by atoms with Crippen LogP contribution in [0.15, 0.2) is 35.0 Å². The molecule has 32 heavy (non-hydrogen) atoms. The first-order chi connectivity index (χ1) is 14.9. The second kappa shape index (κ2) is 9.13. The predicted molar refractivity (Wildman–Crippen MR) is 133 cm³/mol. The van der Waals surface area contributed by atoms with Gasteiger partial charge in [0.1, 0.15) is 17.2 Å². The van der Waals surface area contributed by atoms with Crippen molar-refractivity contribution in [2.75, 3.05) is 6.26 Å². The van der Waals surface area contributed by atoms with Gasteiger partial charge in [0.05, 0.1) is 11.1 Å². The molecule has 2 unspecified atom stereocenters. The van der Waals surface area contributed by atoms with Gasteiger partial charge in [0.25, 0.3) is 5.91 Å². The van der Waals surface area contributed by atoms with Crippen molar-refractivity contribution in [2.45, 2.75) is 50.7 Å². The van der Waals surface area contributed by atoms with E-state index >= 15 is 0 Å². The van der Waals surface area contributed by atoms with Crippen LogP contribution in [-0.4, -0.2) is 27.7 Å². The van der Waals surface area contributed by atoms with Crippen LogP contribution in [0.1, 0.15) is 50.3 Å². The van der Waals surface area contributed by atoms with Gasteiger partial charge in [-0.1, -0.05) is 11.1 Å². The number of thioether (sulfide) groups is 1. The van der Waals surface area contributed by atoms with Crippen molar-refractivity contribution in [3.05, 3.63) is 53.0 Å². The van der Waals surface area contributed by atoms with Crippen LogP contribution in [0, 0.1) is 19.3 Å². The van der Waals surface area contributed by atoms with Gasteiger partial charge in [0.15, 0.2) is 0 Å². The highest BCUT2D eigenvalue weighted by Gasteiger charge is 2.32. The lowest BCUT2D eigenvalue weighted by molar-refractivity contribution is -0.126. The van der Waals surface area contributed by atoms with E-state index in [1.54, 1.807) is 6.20 Å². The number of rotatable bonds is 7. The molecule has 2 aromatic heterocycles. The van der Waals surface area contributed by atoms with Gasteiger partial charge >= 0.3 is 0 Å². The number of aryl methyl sites for hydroxylation is 1. The minimum absolute atomic E-state index is 0.252. The molecule has 0 aliphatic carbocycles. The SMILES string of the molecule is C#Cc1cnc2c(C)cc(OC(SC)C(=O)NC(C)(C)c3cc(C(C)(C)P)on3)cc2c1. The Balaban J connectivity index is 1.80. The number of nitrogens with one attached hydrogen (secondary N) is 1. The molecule has 8 heteroatoms. The summed E-state index contributed by atoms with van der Waals surface area (Å²) in [6.07, 6.45) is 9.00. The van der Waals surface area contributed by atoms with Gasteiger partial charge in [-0.2, -0.15) is 0 Å². The molecule has 2 heterocycles. The average Bonchev–Trinajstić information content (AvgIpc) is 3.23. The molecule has 3 rings (SSSR count). The molecule has 1 aromatic carbocycles. The molecule has 0 bridgehead atoms. The van der Waals surface area contributed by atoms with E-state index in [1.807, 2.05) is 65.1 Å². The van der Waals surface area contributed by atoms with Crippen molar-refractivity contribution < 1.29 is 14.1 Å². The molecule has 1 amide bonds. The van der Waals surface area contributed by atoms with Crippen LogP contribution in [0.25, 0.3) is 10.9 Å². The lowest BCUT2D eigenvalue weighted by Gasteiger charge is -2.26. The van der Waals surface area contributed by atoms with Crippen molar-refractivity contribution in [3.8, 4) is 18.1 Å². The number of carbonyl (C=O) groups excluding carboxylic acids is 1. The van der Waals surface area contributed by atoms with Gasteiger partial charge in [-0.05, 0) is 64.6 Å². The molecule has 0 spiro atoms. The first kappa shape index (κ1) is 24.1. The minimum Gasteiger partial charge on any atom is -0.470 e. The van der Waals surface area contributed by atoms with Crippen LogP contribution in [-0.2, 0) is 15.5 Å². The number of fused-ring (bicyclic) bond motifs is 1. The fourth-order valence-electron chi connectivity index (χ4n) is 3.18. The summed E-state index contributed by atoms with van der Waals surface area (Å²) in [7, 11) is 2.72. The van der Waals surface area contributed by atoms with Gasteiger partial charge in [0, 0.05) is 28.4 Å². The van der Waals surface area contributed by atoms with Crippen molar-refractivity contribution in [1.82, 2.24) is 15.5 Å². The lowest BCUT2D eigenvalue weighted by atomic mass is 9.99. The predicted octanol–water partition coefficient (Wildman–Crippen LogP) is 4.74. The fraction of sp³-hybridized carbons (Fsp3) is 0.375. The summed E-state index contributed by atoms with van der Waals surface area (Å²) < 4.78 is 11.5. The first-order valence-corrected chi connectivity index (χ1v) is 12.0. The van der Waals surface area contributed by atoms with Gasteiger partial charge in [-0.3, -0.25) is 9.78 Å². The molecular weight excluding hydrogens is 441 g/mol. The maximum atomic E-state index is 13.1. The zero-order chi connectivity index (χ0) is 23.7. The maximum Gasteiger partial charge on any atom is 0.272 e. The number of amides is 1. The Labute approximate surface area is 195 Å². The van der Waals surface area contributed by atoms with Crippen molar-refractivity contribution in [3.63, 3.8) is 0 Å². The second-order valence-corrected chi connectivity index (χ2v) is 11.1. The van der Waals surface area contributed by atoms with Crippen LogP contribution < -0.4 is 10.1 Å². The molecule has 1 N–H and O–H groups in total. The van der Waals surface area contributed by atoms with Gasteiger partial charge in [-0.25, -0.2) is 0 Å². The number of hydrogen-bond donors (Lipinski definition) is 1. The van der Waals surface area contributed by atoms with Crippen LogP contribution in [0.4, 0.5) is 0 Å². The molecule has 0 saturated heterocycles. The number of pyridine rings is 1. The van der Waals surface area contributed by atoms with Gasteiger partial charge in [-0.15, -0.1) is 27.4 Å². The summed E-state index contributed by atoms with van der Waals surface area (Å²) in [5.74, 6) is 3.64. The average molecular weight is 470 g/mol. The largest absolute Gasteiger partial charge is 0.470 e. The number of benzene rings is 1. The third-order valence-electron chi connectivity index (χ3n) is 5.01. The standard InChI is InChI=1S/C24H28N3O3PS/c1-8-15-10-16-11-17(9-14(2)20(16)25-13-15)29-22(32-7)21(28)26-23(3,4)18-12-19(30-27-18)24(5,6)31/h1,9-13,22H,31H2,2-7H3,(H,26,28). The number of ether oxygens (including phenoxy) is 1. The lowest BCUT2D eigenvalue weighted by Crippen LogP contribution is -2.46. The summed E-state index contributed by atoms with van der Waals surface area (Å²) in [4.78, 5) is 17.5. The molecule has 0 fully saturated rings. The summed E-state index contributed by atoms with van der Waals surface area (Å²) in [6, 6.07) is 7.47. The van der Waals surface area contributed by atoms with E-state index in [-0.39, 0.29) is 11.1 Å². The second-order valence-electron chi connectivity index (χ2n) is 8.78. The van der Waals surface area contributed by atoms with E-state index in [9.17, 15) is 4.79 Å². The van der Waals surface area contributed by atoms with E-state index in [0.717, 1.165) is 22.2 Å². The van der Waals surface area contributed by atoms with E-state index in [4.69, 9.17) is 15.7 Å². The minimum atomic E-state index is -0.751. The number of aromatic nitrogens is 2. The number of terminal acetylenes is 1. The Hall–Kier alpha value is -2.55. The molecular formula is C24H28N3O3PS. The molecule has 0 radical (unpaired) electrons. The molecule has 3 aromatic rings. The normalized spacial score (nSPS) is 12.9. The maximum absolute atomic E-state index is 13.1. The van der Waals surface area contributed by atoms with E-state index in [0.29, 0.717) is 17.0 Å². The summed E-state index contributed by atoms with van der Waals surface area (Å²) in [6.45, 7) is 9.74. The highest BCUT2D eigenvalue weighted by molar-refractivity contribution is 7.99. The fourth-order valence-corrected chi connectivity index (χ4v) is 3.80. The molecule has 0 saturated carbocycles. The highest BCUT2D eigenvalue weighted by atomic mass is 32.2. The van der Waals surface area contributed by atoms with Crippen LogP contribution in [0.5, 0.6) is 5.75 Å². The van der Waals surface area contributed by atoms with Crippen molar-refractivity contribution >= 4 is 37.8 Å². The number of nitrogens with zero attached hydrogens (tertiary/aromatic N) is 2. The summed E-state index contributed by atoms with van der Waals surface area (Å²) >= 11 is 1.31. The van der Waals surface area contributed by atoms with Crippen LogP contribution in [0.3, 0.4) is 0 Å². The van der Waals surface area contributed by atoms with E-state index in [1.165, 1.54) is 11.8 Å². The summed E-state index contributed by atoms with van der Waals surface area (Å²) in [5.41, 5.74) is 1.64. The summed E-state index contributed by atoms with van der Waals surface area (Å²) in [5, 5.41) is 7.81. The molecule has 168 valence electrons. The smallest absolute Gasteiger partial charge is 0.272 e. The Morgan fingerprint density at radius 1 is 1.28 bits per heavy atom. The van der Waals surface area contributed by atoms with Crippen molar-refractivity contribution in [1.29, 1.82) is 0 Å².